The molecule has 0 saturated heterocycles. The van der Waals surface area contributed by atoms with E-state index >= 15 is 8.78 Å². The van der Waals surface area contributed by atoms with Crippen molar-refractivity contribution in [1.82, 2.24) is 9.88 Å². The maximum absolute atomic E-state index is 15.7. The fourth-order valence-corrected chi connectivity index (χ4v) is 4.58. The summed E-state index contributed by atoms with van der Waals surface area (Å²) in [5.41, 5.74) is 0.0911. The zero-order valence-electron chi connectivity index (χ0n) is 22.7. The molecule has 40 heavy (non-hydrogen) atoms. The summed E-state index contributed by atoms with van der Waals surface area (Å²) in [6.07, 6.45) is 0.889. The van der Waals surface area contributed by atoms with E-state index in [1.54, 1.807) is 52.9 Å². The first-order valence-electron chi connectivity index (χ1n) is 12.5. The van der Waals surface area contributed by atoms with Gasteiger partial charge in [0.1, 0.15) is 17.1 Å². The van der Waals surface area contributed by atoms with Crippen LogP contribution >= 0.6 is 23.2 Å². The summed E-state index contributed by atoms with van der Waals surface area (Å²) in [7, 11) is 1.56. The summed E-state index contributed by atoms with van der Waals surface area (Å²) < 4.78 is 36.7. The fraction of sp³-hybridized carbons (Fsp3) is 0.321. The number of nitrogens with one attached hydrogen (secondary N) is 1. The monoisotopic (exact) mass is 591 g/mol. The lowest BCUT2D eigenvalue weighted by Crippen LogP contribution is -2.41. The van der Waals surface area contributed by atoms with E-state index in [-0.39, 0.29) is 36.0 Å². The zero-order valence-corrected chi connectivity index (χ0v) is 24.2. The summed E-state index contributed by atoms with van der Waals surface area (Å²) in [5.74, 6) is -1.65. The third kappa shape index (κ3) is 6.08. The highest BCUT2D eigenvalue weighted by Crippen LogP contribution is 2.46. The Kier molecular flexibility index (Phi) is 8.41. The molecule has 0 bridgehead atoms. The lowest BCUT2D eigenvalue weighted by Gasteiger charge is -2.28. The molecule has 3 amide bonds. The number of likely N-dealkylation sites (N-methyl/N-ethyl adjacent to an activating group) is 1. The van der Waals surface area contributed by atoms with Crippen LogP contribution < -0.4 is 15.1 Å². The summed E-state index contributed by atoms with van der Waals surface area (Å²) in [6.45, 7) is 7.59. The molecule has 0 saturated carbocycles. The smallest absolute Gasteiger partial charge is 0.410 e. The number of urea groups is 1. The molecule has 4 rings (SSSR count). The SMILES string of the molecule is CCN1C(=O)N(c2c(F)cc(NCCN(C)C(=O)OC(C)(C)C)cc2F)c2cc(Cl)ccc2-c2cc(Cl)cnc21. The number of halogens is 4. The van der Waals surface area contributed by atoms with Crippen LogP contribution in [0.25, 0.3) is 11.1 Å². The van der Waals surface area contributed by atoms with Crippen molar-refractivity contribution in [2.75, 3.05) is 41.8 Å². The van der Waals surface area contributed by atoms with Crippen molar-refractivity contribution in [2.45, 2.75) is 33.3 Å². The van der Waals surface area contributed by atoms with E-state index in [1.807, 2.05) is 0 Å². The van der Waals surface area contributed by atoms with Crippen LogP contribution in [-0.2, 0) is 4.74 Å². The standard InChI is InChI=1S/C28H29Cl2F2N5O3/c1-6-36-25-20(11-17(30)15-34-25)19-8-7-16(29)12-23(19)37(26(36)38)24-21(31)13-18(14-22(24)32)33-9-10-35(5)27(39)40-28(2,3)4/h7-8,11-15,33H,6,9-10H2,1-5H3. The Balaban J connectivity index is 1.68. The molecule has 212 valence electrons. The Hall–Kier alpha value is -3.63. The van der Waals surface area contributed by atoms with Crippen LogP contribution in [-0.4, -0.2) is 54.3 Å². The van der Waals surface area contributed by atoms with E-state index in [9.17, 15) is 9.59 Å². The third-order valence-electron chi connectivity index (χ3n) is 6.04. The van der Waals surface area contributed by atoms with Crippen molar-refractivity contribution >= 4 is 58.2 Å². The largest absolute Gasteiger partial charge is 0.444 e. The number of benzene rings is 2. The number of hydrogen-bond donors (Lipinski definition) is 1. The summed E-state index contributed by atoms with van der Waals surface area (Å²) in [6, 6.07) is 7.85. The number of aromatic nitrogens is 1. The number of anilines is 4. The molecular formula is C28H29Cl2F2N5O3. The lowest BCUT2D eigenvalue weighted by atomic mass is 10.0. The van der Waals surface area contributed by atoms with Gasteiger partial charge < -0.3 is 15.0 Å². The van der Waals surface area contributed by atoms with Crippen molar-refractivity contribution in [3.05, 3.63) is 64.3 Å². The van der Waals surface area contributed by atoms with E-state index in [4.69, 9.17) is 27.9 Å². The Morgan fingerprint density at radius 2 is 1.75 bits per heavy atom. The van der Waals surface area contributed by atoms with E-state index in [0.717, 1.165) is 17.0 Å². The first kappa shape index (κ1) is 29.4. The molecular weight excluding hydrogens is 563 g/mol. The first-order chi connectivity index (χ1) is 18.8. The van der Waals surface area contributed by atoms with Crippen molar-refractivity contribution < 1.29 is 23.1 Å². The molecule has 1 N–H and O–H groups in total. The quantitative estimate of drug-likeness (QED) is 0.317. The molecule has 1 aromatic heterocycles. The van der Waals surface area contributed by atoms with Gasteiger partial charge in [0.05, 0.1) is 10.7 Å². The molecule has 3 aromatic rings. The molecule has 0 unspecified atom stereocenters. The van der Waals surface area contributed by atoms with Crippen LogP contribution in [0.3, 0.4) is 0 Å². The van der Waals surface area contributed by atoms with Gasteiger partial charge in [0.25, 0.3) is 0 Å². The van der Waals surface area contributed by atoms with Gasteiger partial charge in [-0.2, -0.15) is 0 Å². The van der Waals surface area contributed by atoms with Gasteiger partial charge in [-0.25, -0.2) is 23.4 Å². The highest BCUT2D eigenvalue weighted by atomic mass is 35.5. The number of carbonyl (C=O) groups excluding carboxylic acids is 2. The second-order valence-corrected chi connectivity index (χ2v) is 11.0. The van der Waals surface area contributed by atoms with Crippen molar-refractivity contribution in [1.29, 1.82) is 0 Å². The van der Waals surface area contributed by atoms with Gasteiger partial charge in [0.15, 0.2) is 11.6 Å². The van der Waals surface area contributed by atoms with Gasteiger partial charge in [-0.05, 0) is 58.0 Å². The third-order valence-corrected chi connectivity index (χ3v) is 6.48. The highest BCUT2D eigenvalue weighted by Gasteiger charge is 2.36. The number of nitrogens with zero attached hydrogens (tertiary/aromatic N) is 4. The number of pyridine rings is 1. The van der Waals surface area contributed by atoms with E-state index in [2.05, 4.69) is 10.3 Å². The topological polar surface area (TPSA) is 78.0 Å². The number of hydrogen-bond acceptors (Lipinski definition) is 5. The van der Waals surface area contributed by atoms with E-state index in [0.29, 0.717) is 22.0 Å². The summed E-state index contributed by atoms with van der Waals surface area (Å²) >= 11 is 12.5. The predicted molar refractivity (Wildman–Crippen MR) is 154 cm³/mol. The molecule has 12 heteroatoms. The highest BCUT2D eigenvalue weighted by molar-refractivity contribution is 6.32. The van der Waals surface area contributed by atoms with Crippen LogP contribution in [0.1, 0.15) is 27.7 Å². The van der Waals surface area contributed by atoms with Crippen molar-refractivity contribution in [3.63, 3.8) is 0 Å². The molecule has 1 aliphatic rings. The average Bonchev–Trinajstić information content (AvgIpc) is 2.95. The second kappa shape index (κ2) is 11.5. The van der Waals surface area contributed by atoms with Crippen LogP contribution in [0.5, 0.6) is 0 Å². The molecule has 0 radical (unpaired) electrons. The normalized spacial score (nSPS) is 13.0. The van der Waals surface area contributed by atoms with Gasteiger partial charge in [0.2, 0.25) is 0 Å². The molecule has 2 heterocycles. The fourth-order valence-electron chi connectivity index (χ4n) is 4.26. The van der Waals surface area contributed by atoms with Crippen LogP contribution in [0.15, 0.2) is 42.6 Å². The van der Waals surface area contributed by atoms with Gasteiger partial charge in [0, 0.05) is 54.7 Å². The minimum absolute atomic E-state index is 0.133. The molecule has 0 aliphatic carbocycles. The molecule has 2 aromatic carbocycles. The Bertz CT molecular complexity index is 1440. The van der Waals surface area contributed by atoms with Crippen molar-refractivity contribution in [2.24, 2.45) is 0 Å². The van der Waals surface area contributed by atoms with Crippen LogP contribution in [0.2, 0.25) is 10.0 Å². The van der Waals surface area contributed by atoms with Crippen LogP contribution in [0, 0.1) is 11.6 Å². The second-order valence-electron chi connectivity index (χ2n) is 10.2. The number of rotatable bonds is 6. The summed E-state index contributed by atoms with van der Waals surface area (Å²) in [5, 5.41) is 3.51. The maximum Gasteiger partial charge on any atom is 0.410 e. The van der Waals surface area contributed by atoms with Gasteiger partial charge in [-0.15, -0.1) is 0 Å². The molecule has 0 fully saturated rings. The van der Waals surface area contributed by atoms with Gasteiger partial charge in [-0.3, -0.25) is 9.80 Å². The Morgan fingerprint density at radius 3 is 2.38 bits per heavy atom. The molecule has 0 spiro atoms. The molecule has 8 nitrogen and oxygen atoms in total. The van der Waals surface area contributed by atoms with Gasteiger partial charge >= 0.3 is 12.1 Å². The number of amides is 3. The predicted octanol–water partition coefficient (Wildman–Crippen LogP) is 7.71. The van der Waals surface area contributed by atoms with Crippen molar-refractivity contribution in [3.8, 4) is 11.1 Å². The lowest BCUT2D eigenvalue weighted by molar-refractivity contribution is 0.0305. The minimum atomic E-state index is -0.977. The first-order valence-corrected chi connectivity index (χ1v) is 13.3. The number of fused-ring (bicyclic) bond motifs is 3. The average molecular weight is 592 g/mol. The Morgan fingerprint density at radius 1 is 1.07 bits per heavy atom. The number of ether oxygens (including phenoxy) is 1. The minimum Gasteiger partial charge on any atom is -0.444 e. The molecule has 0 atom stereocenters. The van der Waals surface area contributed by atoms with E-state index in [1.165, 1.54) is 22.1 Å². The number of carbonyl (C=O) groups is 2. The zero-order chi connectivity index (χ0) is 29.4. The summed E-state index contributed by atoms with van der Waals surface area (Å²) in [4.78, 5) is 34.0. The van der Waals surface area contributed by atoms with Crippen LogP contribution in [0.4, 0.5) is 41.2 Å². The maximum atomic E-state index is 15.7. The molecule has 1 aliphatic heterocycles. The van der Waals surface area contributed by atoms with E-state index < -0.39 is 35.0 Å². The Labute approximate surface area is 241 Å². The van der Waals surface area contributed by atoms with Gasteiger partial charge in [-0.1, -0.05) is 29.3 Å².